The number of amides is 2. The van der Waals surface area contributed by atoms with E-state index < -0.39 is 12.0 Å². The molecule has 1 aliphatic rings. The van der Waals surface area contributed by atoms with E-state index in [0.29, 0.717) is 25.1 Å². The van der Waals surface area contributed by atoms with Gasteiger partial charge in [-0.05, 0) is 53.9 Å². The lowest BCUT2D eigenvalue weighted by atomic mass is 10.0. The largest absolute Gasteiger partial charge is 0.466 e. The molecule has 0 radical (unpaired) electrons. The van der Waals surface area contributed by atoms with Gasteiger partial charge in [0, 0.05) is 18.7 Å². The first-order chi connectivity index (χ1) is 18.0. The van der Waals surface area contributed by atoms with Crippen LogP contribution in [0.3, 0.4) is 0 Å². The number of aryl methyl sites for hydroxylation is 1. The summed E-state index contributed by atoms with van der Waals surface area (Å²) in [7, 11) is 0. The zero-order valence-electron chi connectivity index (χ0n) is 20.4. The van der Waals surface area contributed by atoms with E-state index in [1.807, 2.05) is 72.8 Å². The van der Waals surface area contributed by atoms with Crippen molar-refractivity contribution in [2.24, 2.45) is 0 Å². The lowest BCUT2D eigenvalue weighted by molar-refractivity contribution is -0.147. The average molecular weight is 516 g/mol. The molecule has 1 saturated heterocycles. The molecule has 2 amide bonds. The molecule has 190 valence electrons. The van der Waals surface area contributed by atoms with Crippen LogP contribution in [0.1, 0.15) is 28.8 Å². The minimum absolute atomic E-state index is 0.105. The van der Waals surface area contributed by atoms with Crippen LogP contribution in [0.25, 0.3) is 11.1 Å². The first-order valence-corrected chi connectivity index (χ1v) is 12.7. The third kappa shape index (κ3) is 7.24. The Balaban J connectivity index is 1.30. The number of esters is 1. The highest BCUT2D eigenvalue weighted by atomic mass is 32.1. The van der Waals surface area contributed by atoms with Crippen LogP contribution in [0.15, 0.2) is 84.9 Å². The fourth-order valence-electron chi connectivity index (χ4n) is 4.17. The van der Waals surface area contributed by atoms with Crippen molar-refractivity contribution in [3.63, 3.8) is 0 Å². The maximum atomic E-state index is 12.8. The third-order valence-electron chi connectivity index (χ3n) is 6.14. The van der Waals surface area contributed by atoms with Gasteiger partial charge in [0.1, 0.15) is 6.04 Å². The number of hydrogen-bond acceptors (Lipinski definition) is 5. The second-order valence-corrected chi connectivity index (χ2v) is 9.10. The van der Waals surface area contributed by atoms with Crippen molar-refractivity contribution in [2.45, 2.75) is 25.3 Å². The van der Waals surface area contributed by atoms with Gasteiger partial charge in [-0.1, -0.05) is 72.8 Å². The molecule has 0 spiro atoms. The summed E-state index contributed by atoms with van der Waals surface area (Å²) in [6.07, 6.45) is 1.33. The lowest BCUT2D eigenvalue weighted by Crippen LogP contribution is -2.60. The molecule has 4 rings (SSSR count). The highest BCUT2D eigenvalue weighted by molar-refractivity contribution is 7.80. The predicted octanol–water partition coefficient (Wildman–Crippen LogP) is 3.73. The van der Waals surface area contributed by atoms with Gasteiger partial charge in [-0.2, -0.15) is 0 Å². The molecular weight excluding hydrogens is 486 g/mol. The van der Waals surface area contributed by atoms with E-state index in [9.17, 15) is 14.4 Å². The monoisotopic (exact) mass is 515 g/mol. The summed E-state index contributed by atoms with van der Waals surface area (Å²) in [5.41, 5.74) is 3.67. The summed E-state index contributed by atoms with van der Waals surface area (Å²) in [5.74, 6) is -1.18. The van der Waals surface area contributed by atoms with Gasteiger partial charge in [-0.25, -0.2) is 0 Å². The van der Waals surface area contributed by atoms with Gasteiger partial charge in [-0.3, -0.25) is 19.7 Å². The van der Waals surface area contributed by atoms with Gasteiger partial charge < -0.3 is 15.0 Å². The summed E-state index contributed by atoms with van der Waals surface area (Å²) < 4.78 is 5.36. The maximum absolute atomic E-state index is 12.8. The van der Waals surface area contributed by atoms with Crippen LogP contribution in [0.4, 0.5) is 0 Å². The number of nitrogens with one attached hydrogen (secondary N) is 2. The van der Waals surface area contributed by atoms with Crippen LogP contribution in [0, 0.1) is 0 Å². The van der Waals surface area contributed by atoms with Gasteiger partial charge in [0.05, 0.1) is 13.0 Å². The number of hydrogen-bond donors (Lipinski definition) is 2. The number of nitrogens with zero attached hydrogens (tertiary/aromatic N) is 1. The van der Waals surface area contributed by atoms with E-state index in [-0.39, 0.29) is 30.0 Å². The smallest absolute Gasteiger partial charge is 0.308 e. The Morgan fingerprint density at radius 2 is 1.59 bits per heavy atom. The van der Waals surface area contributed by atoms with Crippen LogP contribution < -0.4 is 10.6 Å². The zero-order chi connectivity index (χ0) is 26.0. The van der Waals surface area contributed by atoms with Crippen LogP contribution >= 0.6 is 12.2 Å². The molecule has 1 aliphatic heterocycles. The highest BCUT2D eigenvalue weighted by Gasteiger charge is 2.34. The first-order valence-electron chi connectivity index (χ1n) is 12.3. The summed E-state index contributed by atoms with van der Waals surface area (Å²) in [6, 6.07) is 26.2. The SMILES string of the molecule is O=C(CC1C(=O)NCCN1C(=S)NC(=O)c1ccc(-c2ccccc2)cc1)OCCCc1ccccc1. The van der Waals surface area contributed by atoms with Crippen molar-refractivity contribution in [3.05, 3.63) is 96.1 Å². The summed E-state index contributed by atoms with van der Waals surface area (Å²) in [4.78, 5) is 39.4. The van der Waals surface area contributed by atoms with Gasteiger partial charge in [0.15, 0.2) is 5.11 Å². The van der Waals surface area contributed by atoms with Gasteiger partial charge >= 0.3 is 5.97 Å². The van der Waals surface area contributed by atoms with E-state index in [0.717, 1.165) is 17.5 Å². The summed E-state index contributed by atoms with van der Waals surface area (Å²) in [5, 5.41) is 5.57. The fourth-order valence-corrected chi connectivity index (χ4v) is 4.48. The molecule has 1 fully saturated rings. The highest BCUT2D eigenvalue weighted by Crippen LogP contribution is 2.19. The van der Waals surface area contributed by atoms with Gasteiger partial charge in [0.2, 0.25) is 5.91 Å². The van der Waals surface area contributed by atoms with Crippen LogP contribution in [-0.2, 0) is 20.7 Å². The topological polar surface area (TPSA) is 87.7 Å². The molecule has 1 atom stereocenters. The van der Waals surface area contributed by atoms with Crippen molar-refractivity contribution >= 4 is 35.1 Å². The zero-order valence-corrected chi connectivity index (χ0v) is 21.2. The number of benzene rings is 3. The van der Waals surface area contributed by atoms with Crippen LogP contribution in [-0.4, -0.2) is 53.5 Å². The number of rotatable bonds is 8. The molecule has 3 aromatic carbocycles. The molecular formula is C29H29N3O4S. The molecule has 0 bridgehead atoms. The third-order valence-corrected chi connectivity index (χ3v) is 6.48. The van der Waals surface area contributed by atoms with E-state index >= 15 is 0 Å². The number of piperazine rings is 1. The van der Waals surface area contributed by atoms with Crippen molar-refractivity contribution in [1.82, 2.24) is 15.5 Å². The molecule has 0 aliphatic carbocycles. The molecule has 3 aromatic rings. The molecule has 2 N–H and O–H groups in total. The molecule has 7 nitrogen and oxygen atoms in total. The normalized spacial score (nSPS) is 15.0. The van der Waals surface area contributed by atoms with Crippen molar-refractivity contribution in [1.29, 1.82) is 0 Å². The molecule has 0 aromatic heterocycles. The van der Waals surface area contributed by atoms with E-state index in [4.69, 9.17) is 17.0 Å². The Kier molecular flexibility index (Phi) is 8.99. The second kappa shape index (κ2) is 12.8. The standard InChI is InChI=1S/C29H29N3O4S/c33-26(36-19-7-10-21-8-3-1-4-9-21)20-25-28(35)30-17-18-32(25)29(37)31-27(34)24-15-13-23(14-16-24)22-11-5-2-6-12-22/h1-6,8-9,11-16,25H,7,10,17-20H2,(H,30,35)(H,31,34,37). The minimum atomic E-state index is -0.844. The second-order valence-electron chi connectivity index (χ2n) is 8.72. The molecule has 1 unspecified atom stereocenters. The number of thiocarbonyl (C=S) groups is 1. The van der Waals surface area contributed by atoms with Crippen LogP contribution in [0.2, 0.25) is 0 Å². The van der Waals surface area contributed by atoms with Crippen molar-refractivity contribution < 1.29 is 19.1 Å². The maximum Gasteiger partial charge on any atom is 0.308 e. The fraction of sp³-hybridized carbons (Fsp3) is 0.241. The Labute approximate surface area is 221 Å². The Morgan fingerprint density at radius 3 is 2.30 bits per heavy atom. The van der Waals surface area contributed by atoms with Crippen LogP contribution in [0.5, 0.6) is 0 Å². The first kappa shape index (κ1) is 26.0. The van der Waals surface area contributed by atoms with E-state index in [1.54, 1.807) is 17.0 Å². The van der Waals surface area contributed by atoms with Crippen molar-refractivity contribution in [3.8, 4) is 11.1 Å². The van der Waals surface area contributed by atoms with Gasteiger partial charge in [-0.15, -0.1) is 0 Å². The van der Waals surface area contributed by atoms with E-state index in [1.165, 1.54) is 5.56 Å². The molecule has 8 heteroatoms. The Morgan fingerprint density at radius 1 is 0.946 bits per heavy atom. The lowest BCUT2D eigenvalue weighted by Gasteiger charge is -2.36. The molecule has 0 saturated carbocycles. The number of carbonyl (C=O) groups excluding carboxylic acids is 3. The molecule has 1 heterocycles. The number of ether oxygens (including phenoxy) is 1. The Hall–Kier alpha value is -4.04. The molecule has 37 heavy (non-hydrogen) atoms. The minimum Gasteiger partial charge on any atom is -0.466 e. The van der Waals surface area contributed by atoms with E-state index in [2.05, 4.69) is 10.6 Å². The van der Waals surface area contributed by atoms with Crippen molar-refractivity contribution in [2.75, 3.05) is 19.7 Å². The average Bonchev–Trinajstić information content (AvgIpc) is 2.93. The quantitative estimate of drug-likeness (QED) is 0.270. The summed E-state index contributed by atoms with van der Waals surface area (Å²) >= 11 is 5.46. The van der Waals surface area contributed by atoms with Gasteiger partial charge in [0.25, 0.3) is 5.91 Å². The predicted molar refractivity (Wildman–Crippen MR) is 146 cm³/mol. The summed E-state index contributed by atoms with van der Waals surface area (Å²) in [6.45, 7) is 1.01. The Bertz CT molecular complexity index is 1230. The number of carbonyl (C=O) groups is 3.